The fourth-order valence-corrected chi connectivity index (χ4v) is 4.37. The third kappa shape index (κ3) is 3.80. The number of fused-ring (bicyclic) bond motifs is 1. The maximum absolute atomic E-state index is 12.8. The summed E-state index contributed by atoms with van der Waals surface area (Å²) in [6, 6.07) is 6.43. The van der Waals surface area contributed by atoms with Gasteiger partial charge in [-0.1, -0.05) is 18.9 Å². The van der Waals surface area contributed by atoms with Crippen LogP contribution in [-0.4, -0.2) is 78.7 Å². The number of anilines is 1. The SMILES string of the molecule is O=C(CN1CCO[C@H]2CCCC[C@@H]21)N1CCN(c2ccccn2)CC1. The number of hydrogen-bond acceptors (Lipinski definition) is 5. The van der Waals surface area contributed by atoms with Crippen molar-refractivity contribution in [2.75, 3.05) is 50.8 Å². The minimum atomic E-state index is 0.270. The maximum Gasteiger partial charge on any atom is 0.236 e. The average Bonchev–Trinajstić information content (AvgIpc) is 2.69. The molecule has 3 heterocycles. The number of ether oxygens (including phenoxy) is 1. The van der Waals surface area contributed by atoms with Crippen molar-refractivity contribution >= 4 is 11.7 Å². The molecule has 0 aromatic carbocycles. The van der Waals surface area contributed by atoms with Crippen LogP contribution < -0.4 is 4.90 Å². The van der Waals surface area contributed by atoms with Gasteiger partial charge < -0.3 is 14.5 Å². The highest BCUT2D eigenvalue weighted by atomic mass is 16.5. The van der Waals surface area contributed by atoms with Gasteiger partial charge in [-0.15, -0.1) is 0 Å². The molecule has 2 aliphatic heterocycles. The Morgan fingerprint density at radius 1 is 1.12 bits per heavy atom. The van der Waals surface area contributed by atoms with Gasteiger partial charge in [-0.3, -0.25) is 9.69 Å². The topological polar surface area (TPSA) is 48.9 Å². The van der Waals surface area contributed by atoms with Crippen LogP contribution in [0.2, 0.25) is 0 Å². The van der Waals surface area contributed by atoms with Gasteiger partial charge in [0, 0.05) is 45.0 Å². The molecule has 0 N–H and O–H groups in total. The third-order valence-corrected chi connectivity index (χ3v) is 5.79. The second kappa shape index (κ2) is 7.70. The molecule has 6 heteroatoms. The lowest BCUT2D eigenvalue weighted by atomic mass is 9.90. The van der Waals surface area contributed by atoms with Crippen molar-refractivity contribution in [2.45, 2.75) is 37.8 Å². The molecule has 1 aromatic rings. The number of rotatable bonds is 3. The second-order valence-corrected chi connectivity index (χ2v) is 7.29. The van der Waals surface area contributed by atoms with Crippen LogP contribution in [0.5, 0.6) is 0 Å². The molecule has 1 aromatic heterocycles. The Morgan fingerprint density at radius 2 is 1.96 bits per heavy atom. The van der Waals surface area contributed by atoms with Crippen molar-refractivity contribution in [1.82, 2.24) is 14.8 Å². The molecule has 0 bridgehead atoms. The van der Waals surface area contributed by atoms with Gasteiger partial charge in [0.15, 0.2) is 0 Å². The number of piperazine rings is 1. The summed E-state index contributed by atoms with van der Waals surface area (Å²) >= 11 is 0. The number of nitrogens with zero attached hydrogens (tertiary/aromatic N) is 4. The highest BCUT2D eigenvalue weighted by molar-refractivity contribution is 5.78. The first-order chi connectivity index (χ1) is 12.3. The lowest BCUT2D eigenvalue weighted by molar-refractivity contribution is -0.139. The van der Waals surface area contributed by atoms with Gasteiger partial charge in [0.05, 0.1) is 19.3 Å². The summed E-state index contributed by atoms with van der Waals surface area (Å²) in [7, 11) is 0. The standard InChI is InChI=1S/C19H28N4O2/c24-19(15-23-13-14-25-17-6-2-1-5-16(17)23)22-11-9-21(10-12-22)18-7-3-4-8-20-18/h3-4,7-8,16-17H,1-2,5-6,9-15H2/t16-,17-/m0/s1. The van der Waals surface area contributed by atoms with E-state index in [0.717, 1.165) is 51.6 Å². The Kier molecular flexibility index (Phi) is 5.17. The van der Waals surface area contributed by atoms with E-state index in [1.807, 2.05) is 29.3 Å². The van der Waals surface area contributed by atoms with E-state index < -0.39 is 0 Å². The Balaban J connectivity index is 1.30. The number of morpholine rings is 1. The predicted molar refractivity (Wildman–Crippen MR) is 96.6 cm³/mol. The van der Waals surface area contributed by atoms with Gasteiger partial charge in [-0.2, -0.15) is 0 Å². The molecule has 1 amide bonds. The van der Waals surface area contributed by atoms with Crippen LogP contribution in [-0.2, 0) is 9.53 Å². The van der Waals surface area contributed by atoms with Crippen LogP contribution in [0.1, 0.15) is 25.7 Å². The Morgan fingerprint density at radius 3 is 2.76 bits per heavy atom. The van der Waals surface area contributed by atoms with Crippen LogP contribution >= 0.6 is 0 Å². The van der Waals surface area contributed by atoms with E-state index in [9.17, 15) is 4.79 Å². The molecule has 136 valence electrons. The summed E-state index contributed by atoms with van der Waals surface area (Å²) in [4.78, 5) is 23.9. The van der Waals surface area contributed by atoms with Gasteiger partial charge in [-0.25, -0.2) is 4.98 Å². The number of hydrogen-bond donors (Lipinski definition) is 0. The van der Waals surface area contributed by atoms with Gasteiger partial charge in [0.1, 0.15) is 5.82 Å². The minimum absolute atomic E-state index is 0.270. The maximum atomic E-state index is 12.8. The van der Waals surface area contributed by atoms with Crippen molar-refractivity contribution in [1.29, 1.82) is 0 Å². The zero-order valence-electron chi connectivity index (χ0n) is 14.8. The van der Waals surface area contributed by atoms with Crippen molar-refractivity contribution in [3.63, 3.8) is 0 Å². The number of amides is 1. The zero-order chi connectivity index (χ0) is 17.1. The first-order valence-corrected chi connectivity index (χ1v) is 9.61. The summed E-state index contributed by atoms with van der Waals surface area (Å²) in [6.07, 6.45) is 7.02. The van der Waals surface area contributed by atoms with E-state index in [2.05, 4.69) is 14.8 Å². The minimum Gasteiger partial charge on any atom is -0.375 e. The van der Waals surface area contributed by atoms with Crippen molar-refractivity contribution in [3.05, 3.63) is 24.4 Å². The lowest BCUT2D eigenvalue weighted by Gasteiger charge is -2.44. The molecule has 0 unspecified atom stereocenters. The molecule has 25 heavy (non-hydrogen) atoms. The van der Waals surface area contributed by atoms with Crippen LogP contribution in [0.4, 0.5) is 5.82 Å². The molecular weight excluding hydrogens is 316 g/mol. The highest BCUT2D eigenvalue weighted by Crippen LogP contribution is 2.28. The van der Waals surface area contributed by atoms with E-state index in [-0.39, 0.29) is 5.91 Å². The molecule has 2 atom stereocenters. The molecule has 1 aliphatic carbocycles. The summed E-state index contributed by atoms with van der Waals surface area (Å²) in [5, 5.41) is 0. The fraction of sp³-hybridized carbons (Fsp3) is 0.684. The molecular formula is C19H28N4O2. The van der Waals surface area contributed by atoms with E-state index in [0.29, 0.717) is 18.7 Å². The number of aromatic nitrogens is 1. The monoisotopic (exact) mass is 344 g/mol. The molecule has 0 spiro atoms. The van der Waals surface area contributed by atoms with Crippen LogP contribution in [0.3, 0.4) is 0 Å². The quantitative estimate of drug-likeness (QED) is 0.829. The van der Waals surface area contributed by atoms with Gasteiger partial charge in [0.2, 0.25) is 5.91 Å². The van der Waals surface area contributed by atoms with Gasteiger partial charge >= 0.3 is 0 Å². The average molecular weight is 344 g/mol. The van der Waals surface area contributed by atoms with Gasteiger partial charge in [0.25, 0.3) is 0 Å². The van der Waals surface area contributed by atoms with Crippen LogP contribution in [0.25, 0.3) is 0 Å². The largest absolute Gasteiger partial charge is 0.375 e. The van der Waals surface area contributed by atoms with Gasteiger partial charge in [-0.05, 0) is 25.0 Å². The Bertz CT molecular complexity index is 572. The highest BCUT2D eigenvalue weighted by Gasteiger charge is 2.35. The first-order valence-electron chi connectivity index (χ1n) is 9.61. The predicted octanol–water partition coefficient (Wildman–Crippen LogP) is 1.37. The van der Waals surface area contributed by atoms with E-state index >= 15 is 0 Å². The lowest BCUT2D eigenvalue weighted by Crippen LogP contribution is -2.57. The summed E-state index contributed by atoms with van der Waals surface area (Å²) in [5.41, 5.74) is 0. The molecule has 4 rings (SSSR count). The molecule has 0 radical (unpaired) electrons. The number of pyridine rings is 1. The summed E-state index contributed by atoms with van der Waals surface area (Å²) in [6.45, 7) is 5.49. The van der Waals surface area contributed by atoms with E-state index in [4.69, 9.17) is 4.74 Å². The smallest absolute Gasteiger partial charge is 0.236 e. The summed E-state index contributed by atoms with van der Waals surface area (Å²) in [5.74, 6) is 1.28. The van der Waals surface area contributed by atoms with E-state index in [1.165, 1.54) is 19.3 Å². The van der Waals surface area contributed by atoms with Crippen molar-refractivity contribution < 1.29 is 9.53 Å². The first kappa shape index (κ1) is 16.8. The molecule has 2 saturated heterocycles. The van der Waals surface area contributed by atoms with Crippen molar-refractivity contribution in [2.24, 2.45) is 0 Å². The van der Waals surface area contributed by atoms with Crippen LogP contribution in [0.15, 0.2) is 24.4 Å². The fourth-order valence-electron chi connectivity index (χ4n) is 4.37. The second-order valence-electron chi connectivity index (χ2n) is 7.29. The van der Waals surface area contributed by atoms with Crippen LogP contribution in [0, 0.1) is 0 Å². The van der Waals surface area contributed by atoms with Crippen molar-refractivity contribution in [3.8, 4) is 0 Å². The third-order valence-electron chi connectivity index (χ3n) is 5.79. The summed E-state index contributed by atoms with van der Waals surface area (Å²) < 4.78 is 5.92. The normalized spacial score (nSPS) is 27.8. The molecule has 3 fully saturated rings. The molecule has 1 saturated carbocycles. The van der Waals surface area contributed by atoms with E-state index in [1.54, 1.807) is 0 Å². The molecule has 3 aliphatic rings. The molecule has 6 nitrogen and oxygen atoms in total. The Hall–Kier alpha value is -1.66. The zero-order valence-corrected chi connectivity index (χ0v) is 14.8. The Labute approximate surface area is 149 Å². The number of carbonyl (C=O) groups is 1. The number of carbonyl (C=O) groups excluding carboxylic acids is 1.